The standard InChI is InChI=1S/C31H35ClFN3O3/c1-21-19-36(22(2)18-35(21)20-24-4-12-27(33)13-5-24)31(38)17-29(25-8-10-26(32)11-9-25)34-30(37)16-23-6-14-28(39-3)15-7-23/h4-15,21-22,29H,16-20H2,1-3H3,(H,34,37). The van der Waals surface area contributed by atoms with Gasteiger partial charge in [-0.15, -0.1) is 0 Å². The Morgan fingerprint density at radius 2 is 1.59 bits per heavy atom. The Kier molecular flexibility index (Phi) is 9.59. The molecule has 6 nitrogen and oxygen atoms in total. The first-order chi connectivity index (χ1) is 18.7. The van der Waals surface area contributed by atoms with Crippen molar-refractivity contribution < 1.29 is 18.7 Å². The van der Waals surface area contributed by atoms with Crippen molar-refractivity contribution in [1.29, 1.82) is 0 Å². The molecule has 1 aliphatic heterocycles. The number of piperazine rings is 1. The number of halogens is 2. The van der Waals surface area contributed by atoms with Crippen LogP contribution in [0.1, 0.15) is 43.0 Å². The number of rotatable bonds is 9. The third-order valence-electron chi connectivity index (χ3n) is 7.24. The molecule has 0 aliphatic carbocycles. The summed E-state index contributed by atoms with van der Waals surface area (Å²) < 4.78 is 18.5. The second-order valence-corrected chi connectivity index (χ2v) is 10.6. The van der Waals surface area contributed by atoms with Crippen molar-refractivity contribution in [1.82, 2.24) is 15.1 Å². The van der Waals surface area contributed by atoms with Gasteiger partial charge < -0.3 is 15.0 Å². The van der Waals surface area contributed by atoms with E-state index in [1.165, 1.54) is 12.1 Å². The van der Waals surface area contributed by atoms with Gasteiger partial charge in [0.1, 0.15) is 11.6 Å². The summed E-state index contributed by atoms with van der Waals surface area (Å²) in [5.74, 6) is 0.297. The molecule has 0 aromatic heterocycles. The summed E-state index contributed by atoms with van der Waals surface area (Å²) in [5.41, 5.74) is 2.72. The highest BCUT2D eigenvalue weighted by Gasteiger charge is 2.33. The topological polar surface area (TPSA) is 61.9 Å². The second-order valence-electron chi connectivity index (χ2n) is 10.2. The van der Waals surface area contributed by atoms with Gasteiger partial charge in [-0.1, -0.05) is 48.0 Å². The van der Waals surface area contributed by atoms with Crippen molar-refractivity contribution in [3.8, 4) is 5.75 Å². The number of hydrogen-bond acceptors (Lipinski definition) is 4. The molecule has 39 heavy (non-hydrogen) atoms. The average Bonchev–Trinajstić information content (AvgIpc) is 2.92. The first kappa shape index (κ1) is 28.6. The Bertz CT molecular complexity index is 1250. The highest BCUT2D eigenvalue weighted by Crippen LogP contribution is 2.24. The van der Waals surface area contributed by atoms with E-state index in [0.29, 0.717) is 24.7 Å². The lowest BCUT2D eigenvalue weighted by Gasteiger charge is -2.44. The minimum atomic E-state index is -0.486. The van der Waals surface area contributed by atoms with E-state index in [1.807, 2.05) is 48.2 Å². The fourth-order valence-corrected chi connectivity index (χ4v) is 5.13. The van der Waals surface area contributed by atoms with Crippen molar-refractivity contribution in [2.45, 2.75) is 51.4 Å². The van der Waals surface area contributed by atoms with Crippen molar-refractivity contribution in [3.05, 3.63) is 100 Å². The van der Waals surface area contributed by atoms with Gasteiger partial charge in [0.05, 0.1) is 26.0 Å². The Hall–Kier alpha value is -3.42. The number of benzene rings is 3. The molecule has 4 rings (SSSR count). The lowest BCUT2D eigenvalue weighted by atomic mass is 10.00. The van der Waals surface area contributed by atoms with Crippen LogP contribution in [-0.2, 0) is 22.6 Å². The fourth-order valence-electron chi connectivity index (χ4n) is 5.00. The van der Waals surface area contributed by atoms with Crippen LogP contribution in [-0.4, -0.2) is 53.9 Å². The third kappa shape index (κ3) is 7.80. The molecule has 1 heterocycles. The van der Waals surface area contributed by atoms with E-state index >= 15 is 0 Å². The molecule has 3 aromatic carbocycles. The highest BCUT2D eigenvalue weighted by atomic mass is 35.5. The van der Waals surface area contributed by atoms with Crippen molar-refractivity contribution in [3.63, 3.8) is 0 Å². The predicted octanol–water partition coefficient (Wildman–Crippen LogP) is 5.40. The number of nitrogens with zero attached hydrogens (tertiary/aromatic N) is 2. The number of nitrogens with one attached hydrogen (secondary N) is 1. The summed E-state index contributed by atoms with van der Waals surface area (Å²) in [6, 6.07) is 20.8. The van der Waals surface area contributed by atoms with Gasteiger partial charge in [0.15, 0.2) is 0 Å². The molecule has 3 unspecified atom stereocenters. The van der Waals surface area contributed by atoms with Crippen LogP contribution in [0, 0.1) is 5.82 Å². The molecule has 8 heteroatoms. The van der Waals surface area contributed by atoms with E-state index in [1.54, 1.807) is 31.4 Å². The number of ether oxygens (including phenoxy) is 1. The zero-order valence-corrected chi connectivity index (χ0v) is 23.3. The number of carbonyl (C=O) groups is 2. The third-order valence-corrected chi connectivity index (χ3v) is 7.50. The van der Waals surface area contributed by atoms with Gasteiger partial charge in [-0.2, -0.15) is 0 Å². The number of methoxy groups -OCH3 is 1. The number of hydrogen-bond donors (Lipinski definition) is 1. The van der Waals surface area contributed by atoms with Crippen LogP contribution in [0.3, 0.4) is 0 Å². The first-order valence-electron chi connectivity index (χ1n) is 13.2. The van der Waals surface area contributed by atoms with Gasteiger partial charge in [0.2, 0.25) is 11.8 Å². The Balaban J connectivity index is 1.42. The first-order valence-corrected chi connectivity index (χ1v) is 13.6. The summed E-state index contributed by atoms with van der Waals surface area (Å²) in [5, 5.41) is 3.66. The van der Waals surface area contributed by atoms with Crippen LogP contribution in [0.15, 0.2) is 72.8 Å². The van der Waals surface area contributed by atoms with Crippen molar-refractivity contribution >= 4 is 23.4 Å². The van der Waals surface area contributed by atoms with Gasteiger partial charge in [-0.25, -0.2) is 4.39 Å². The molecule has 1 fully saturated rings. The van der Waals surface area contributed by atoms with Crippen molar-refractivity contribution in [2.75, 3.05) is 20.2 Å². The van der Waals surface area contributed by atoms with Gasteiger partial charge in [0, 0.05) is 36.7 Å². The molecule has 1 N–H and O–H groups in total. The maximum atomic E-state index is 13.6. The van der Waals surface area contributed by atoms with Gasteiger partial charge in [0.25, 0.3) is 0 Å². The molecular formula is C31H35ClFN3O3. The molecule has 0 radical (unpaired) electrons. The molecule has 0 spiro atoms. The van der Waals surface area contributed by atoms with Crippen LogP contribution in [0.4, 0.5) is 4.39 Å². The van der Waals surface area contributed by atoms with Gasteiger partial charge in [-0.3, -0.25) is 14.5 Å². The molecule has 3 aromatic rings. The molecule has 1 saturated heterocycles. The zero-order chi connectivity index (χ0) is 27.9. The van der Waals surface area contributed by atoms with Crippen LogP contribution >= 0.6 is 11.6 Å². The van der Waals surface area contributed by atoms with E-state index < -0.39 is 6.04 Å². The second kappa shape index (κ2) is 13.1. The SMILES string of the molecule is COc1ccc(CC(=O)NC(CC(=O)N2CC(C)N(Cc3ccc(F)cc3)CC2C)c2ccc(Cl)cc2)cc1. The normalized spacial score (nSPS) is 18.4. The molecule has 0 bridgehead atoms. The van der Waals surface area contributed by atoms with E-state index in [0.717, 1.165) is 22.4 Å². The average molecular weight is 552 g/mol. The molecule has 1 aliphatic rings. The van der Waals surface area contributed by atoms with Crippen LogP contribution in [0.2, 0.25) is 5.02 Å². The monoisotopic (exact) mass is 551 g/mol. The number of amides is 2. The highest BCUT2D eigenvalue weighted by molar-refractivity contribution is 6.30. The van der Waals surface area contributed by atoms with E-state index in [4.69, 9.17) is 16.3 Å². The fraction of sp³-hybridized carbons (Fsp3) is 0.355. The largest absolute Gasteiger partial charge is 0.497 e. The number of carbonyl (C=O) groups excluding carboxylic acids is 2. The predicted molar refractivity (Wildman–Crippen MR) is 151 cm³/mol. The van der Waals surface area contributed by atoms with Crippen molar-refractivity contribution in [2.24, 2.45) is 0 Å². The molecule has 206 valence electrons. The molecular weight excluding hydrogens is 517 g/mol. The minimum absolute atomic E-state index is 0.00461. The van der Waals surface area contributed by atoms with E-state index in [2.05, 4.69) is 17.1 Å². The maximum Gasteiger partial charge on any atom is 0.225 e. The lowest BCUT2D eigenvalue weighted by molar-refractivity contribution is -0.138. The molecule has 2 amide bonds. The van der Waals surface area contributed by atoms with Crippen LogP contribution in [0.5, 0.6) is 5.75 Å². The summed E-state index contributed by atoms with van der Waals surface area (Å²) >= 11 is 6.10. The summed E-state index contributed by atoms with van der Waals surface area (Å²) in [6.45, 7) is 6.13. The van der Waals surface area contributed by atoms with Crippen LogP contribution in [0.25, 0.3) is 0 Å². The quantitative estimate of drug-likeness (QED) is 0.387. The smallest absolute Gasteiger partial charge is 0.225 e. The van der Waals surface area contributed by atoms with Gasteiger partial charge >= 0.3 is 0 Å². The maximum absolute atomic E-state index is 13.6. The lowest BCUT2D eigenvalue weighted by Crippen LogP contribution is -2.58. The summed E-state index contributed by atoms with van der Waals surface area (Å²) in [4.78, 5) is 30.8. The van der Waals surface area contributed by atoms with E-state index in [9.17, 15) is 14.0 Å². The summed E-state index contributed by atoms with van der Waals surface area (Å²) in [7, 11) is 1.60. The molecule has 3 atom stereocenters. The zero-order valence-electron chi connectivity index (χ0n) is 22.6. The minimum Gasteiger partial charge on any atom is -0.497 e. The Labute approximate surface area is 234 Å². The molecule has 0 saturated carbocycles. The van der Waals surface area contributed by atoms with Crippen LogP contribution < -0.4 is 10.1 Å². The van der Waals surface area contributed by atoms with E-state index in [-0.39, 0.29) is 42.6 Å². The summed E-state index contributed by atoms with van der Waals surface area (Å²) in [6.07, 6.45) is 0.336. The Morgan fingerprint density at radius 3 is 2.23 bits per heavy atom. The Morgan fingerprint density at radius 1 is 0.949 bits per heavy atom. The van der Waals surface area contributed by atoms with Gasteiger partial charge in [-0.05, 0) is 66.9 Å².